The van der Waals surface area contributed by atoms with Crippen molar-refractivity contribution in [1.82, 2.24) is 0 Å². The Morgan fingerprint density at radius 1 is 0.307 bits per heavy atom. The van der Waals surface area contributed by atoms with Crippen LogP contribution in [-0.4, -0.2) is 35.5 Å². The van der Waals surface area contributed by atoms with E-state index in [2.05, 4.69) is 20.8 Å². The molecule has 0 bridgehead atoms. The van der Waals surface area contributed by atoms with Gasteiger partial charge in [0.05, 0.1) is 18.1 Å². The molecule has 0 aromatic heterocycles. The molecular weight excluding hydrogens is 1070 g/mol. The van der Waals surface area contributed by atoms with E-state index in [-0.39, 0.29) is 0 Å². The van der Waals surface area contributed by atoms with Gasteiger partial charge in [0, 0.05) is 7.11 Å². The number of hydrogen-bond donors (Lipinski definition) is 2. The summed E-state index contributed by atoms with van der Waals surface area (Å²) in [5, 5.41) is 20.6. The predicted octanol–water partition coefficient (Wildman–Crippen LogP) is 29.5. The first kappa shape index (κ1) is 85.4. The topological polar surface area (TPSA) is 66.8 Å². The molecule has 0 heterocycles. The van der Waals surface area contributed by atoms with Gasteiger partial charge >= 0.3 is 5.97 Å². The molecule has 0 aliphatic heterocycles. The van der Waals surface area contributed by atoms with Crippen molar-refractivity contribution in [3.05, 3.63) is 0 Å². The van der Waals surface area contributed by atoms with Gasteiger partial charge in [-0.2, -0.15) is 0 Å². The molecule has 4 heteroatoms. The number of carbonyl (C=O) groups is 1. The van der Waals surface area contributed by atoms with Crippen LogP contribution in [0.3, 0.4) is 0 Å². The van der Waals surface area contributed by atoms with Crippen molar-refractivity contribution < 1.29 is 19.7 Å². The van der Waals surface area contributed by atoms with E-state index in [0.29, 0.717) is 24.9 Å². The predicted molar refractivity (Wildman–Crippen MR) is 392 cm³/mol. The molecule has 0 amide bonds. The molecule has 4 nitrogen and oxygen atoms in total. The van der Waals surface area contributed by atoms with Gasteiger partial charge in [0.2, 0.25) is 0 Å². The Kier molecular flexibility index (Phi) is 68.6. The molecule has 1 saturated carbocycles. The van der Waals surface area contributed by atoms with Crippen molar-refractivity contribution in [2.75, 3.05) is 7.11 Å². The van der Waals surface area contributed by atoms with Crippen LogP contribution in [0.4, 0.5) is 0 Å². The zero-order valence-electron chi connectivity index (χ0n) is 61.3. The minimum absolute atomic E-state index is 0.471. The quantitative estimate of drug-likeness (QED) is 0.0596. The second kappa shape index (κ2) is 70.7. The van der Waals surface area contributed by atoms with Crippen LogP contribution in [0.1, 0.15) is 489 Å². The number of hydrogen-bond acceptors (Lipinski definition) is 3. The number of carboxylic acids is 1. The van der Waals surface area contributed by atoms with E-state index >= 15 is 0 Å². The third kappa shape index (κ3) is 61.6. The Morgan fingerprint density at radius 3 is 0.750 bits per heavy atom. The fourth-order valence-corrected chi connectivity index (χ4v) is 15.3. The van der Waals surface area contributed by atoms with E-state index in [1.807, 2.05) is 7.11 Å². The van der Waals surface area contributed by atoms with Crippen molar-refractivity contribution >= 4 is 5.97 Å². The monoisotopic (exact) mass is 1240 g/mol. The molecule has 88 heavy (non-hydrogen) atoms. The SMILES string of the molecule is CCCCCCCCCCCCCCCCCCCCCCC[C@@H](C(=O)O)[C@H](O)CCCCCCCCCCCCCCCCC[C@@H]1C[C@@H]1CCCCCCCCCCCCCCCC[C@@H](OC)[C@H](C)CCCCCCCCCCCCCCCCCC. The lowest BCUT2D eigenvalue weighted by molar-refractivity contribution is -0.146. The number of rotatable bonds is 78. The van der Waals surface area contributed by atoms with Crippen molar-refractivity contribution in [1.29, 1.82) is 0 Å². The molecule has 1 aliphatic rings. The van der Waals surface area contributed by atoms with Gasteiger partial charge < -0.3 is 14.9 Å². The molecule has 526 valence electrons. The lowest BCUT2D eigenvalue weighted by Gasteiger charge is -2.22. The number of methoxy groups -OCH3 is 1. The smallest absolute Gasteiger partial charge is 0.309 e. The van der Waals surface area contributed by atoms with E-state index in [1.54, 1.807) is 6.42 Å². The lowest BCUT2D eigenvalue weighted by Crippen LogP contribution is -2.28. The highest BCUT2D eigenvalue weighted by molar-refractivity contribution is 5.70. The molecule has 2 N–H and O–H groups in total. The van der Waals surface area contributed by atoms with Crippen LogP contribution in [0.5, 0.6) is 0 Å². The summed E-state index contributed by atoms with van der Waals surface area (Å²) in [6, 6.07) is 0. The maximum atomic E-state index is 12.0. The Labute approximate surface area is 555 Å². The zero-order valence-corrected chi connectivity index (χ0v) is 61.3. The van der Waals surface area contributed by atoms with Crippen LogP contribution in [0.25, 0.3) is 0 Å². The minimum Gasteiger partial charge on any atom is -0.481 e. The fourth-order valence-electron chi connectivity index (χ4n) is 15.3. The third-order valence-electron chi connectivity index (χ3n) is 21.8. The van der Waals surface area contributed by atoms with Crippen LogP contribution in [0.2, 0.25) is 0 Å². The maximum Gasteiger partial charge on any atom is 0.309 e. The molecule has 1 fully saturated rings. The maximum absolute atomic E-state index is 12.0. The highest BCUT2D eigenvalue weighted by atomic mass is 16.5. The number of aliphatic carboxylic acids is 1. The highest BCUT2D eigenvalue weighted by Crippen LogP contribution is 2.46. The van der Waals surface area contributed by atoms with Gasteiger partial charge in [-0.05, 0) is 49.9 Å². The fraction of sp³-hybridized carbons (Fsp3) is 0.988. The molecule has 0 radical (unpaired) electrons. The van der Waals surface area contributed by atoms with Crippen LogP contribution in [-0.2, 0) is 9.53 Å². The number of aliphatic hydroxyl groups is 1. The van der Waals surface area contributed by atoms with E-state index in [4.69, 9.17) is 4.74 Å². The second-order valence-electron chi connectivity index (χ2n) is 30.4. The van der Waals surface area contributed by atoms with Gasteiger partial charge in [-0.15, -0.1) is 0 Å². The first-order valence-electron chi connectivity index (χ1n) is 41.9. The average molecular weight is 1240 g/mol. The van der Waals surface area contributed by atoms with Gasteiger partial charge in [0.25, 0.3) is 0 Å². The summed E-state index contributed by atoms with van der Waals surface area (Å²) in [6.45, 7) is 7.06. The Balaban J connectivity index is 1.76. The summed E-state index contributed by atoms with van der Waals surface area (Å²) < 4.78 is 5.98. The Morgan fingerprint density at radius 2 is 0.511 bits per heavy atom. The van der Waals surface area contributed by atoms with Gasteiger partial charge in [-0.1, -0.05) is 457 Å². The molecule has 0 saturated heterocycles. The number of unbranched alkanes of at least 4 members (excludes halogenated alkanes) is 62. The summed E-state index contributed by atoms with van der Waals surface area (Å²) in [6.07, 6.45) is 101. The minimum atomic E-state index is -0.798. The summed E-state index contributed by atoms with van der Waals surface area (Å²) in [7, 11) is 1.96. The number of carboxylic acid groups (broad SMARTS) is 1. The van der Waals surface area contributed by atoms with Crippen LogP contribution < -0.4 is 0 Å². The summed E-state index contributed by atoms with van der Waals surface area (Å²) in [4.78, 5) is 12.0. The van der Waals surface area contributed by atoms with Crippen molar-refractivity contribution in [2.45, 2.75) is 502 Å². The Bertz CT molecular complexity index is 1320. The first-order valence-corrected chi connectivity index (χ1v) is 41.9. The van der Waals surface area contributed by atoms with Crippen LogP contribution >= 0.6 is 0 Å². The second-order valence-corrected chi connectivity index (χ2v) is 30.4. The molecule has 1 rings (SSSR count). The van der Waals surface area contributed by atoms with Gasteiger partial charge in [-0.25, -0.2) is 0 Å². The van der Waals surface area contributed by atoms with E-state index in [0.717, 1.165) is 37.5 Å². The van der Waals surface area contributed by atoms with E-state index in [9.17, 15) is 15.0 Å². The van der Waals surface area contributed by atoms with Crippen molar-refractivity contribution in [3.8, 4) is 0 Å². The van der Waals surface area contributed by atoms with Gasteiger partial charge in [-0.3, -0.25) is 4.79 Å². The molecule has 1 aliphatic carbocycles. The summed E-state index contributed by atoms with van der Waals surface area (Å²) >= 11 is 0. The van der Waals surface area contributed by atoms with Crippen molar-refractivity contribution in [2.24, 2.45) is 23.7 Å². The lowest BCUT2D eigenvalue weighted by atomic mass is 9.91. The largest absolute Gasteiger partial charge is 0.481 e. The van der Waals surface area contributed by atoms with E-state index < -0.39 is 18.0 Å². The Hall–Kier alpha value is -0.610. The normalized spacial score (nSPS) is 15.6. The summed E-state index contributed by atoms with van der Waals surface area (Å²) in [5.41, 5.74) is 0. The summed E-state index contributed by atoms with van der Waals surface area (Å²) in [5.74, 6) is 1.50. The van der Waals surface area contributed by atoms with Gasteiger partial charge in [0.1, 0.15) is 0 Å². The first-order chi connectivity index (χ1) is 43.4. The van der Waals surface area contributed by atoms with Crippen LogP contribution in [0, 0.1) is 23.7 Å². The van der Waals surface area contributed by atoms with Crippen LogP contribution in [0.15, 0.2) is 0 Å². The molecule has 0 aromatic rings. The molecule has 0 aromatic carbocycles. The zero-order chi connectivity index (χ0) is 63.4. The van der Waals surface area contributed by atoms with E-state index in [1.165, 1.54) is 424 Å². The number of ether oxygens (including phenoxy) is 1. The van der Waals surface area contributed by atoms with Crippen molar-refractivity contribution in [3.63, 3.8) is 0 Å². The molecule has 0 spiro atoms. The molecular formula is C84H166O4. The molecule has 0 unspecified atom stereocenters. The van der Waals surface area contributed by atoms with Gasteiger partial charge in [0.15, 0.2) is 0 Å². The molecule has 6 atom stereocenters. The average Bonchev–Trinajstić information content (AvgIpc) is 4.50. The highest BCUT2D eigenvalue weighted by Gasteiger charge is 2.35. The standard InChI is InChI=1S/C84H166O4/c1-5-7-9-11-13-15-17-19-21-23-24-25-26-27-31-38-44-50-56-62-68-74-81(84(86)87)82(85)75-69-63-57-51-45-39-32-28-30-36-42-48-54-60-66-72-79-77-80(79)73-67-61-55-49-43-37-33-34-40-46-52-58-64-70-76-83(88-4)78(3)71-65-59-53-47-41-35-29-22-20-18-16-14-12-10-8-6-2/h78-83,85H,5-77H2,1-4H3,(H,86,87)/t78-,79-,80+,81-,82-,83-/m1/s1. The number of aliphatic hydroxyl groups excluding tert-OH is 1. The third-order valence-corrected chi connectivity index (χ3v) is 21.8.